The van der Waals surface area contributed by atoms with E-state index in [1.54, 1.807) is 12.1 Å². The molecule has 1 saturated heterocycles. The fraction of sp³-hybridized carbons (Fsp3) is 0.625. The second kappa shape index (κ2) is 4.92. The summed E-state index contributed by atoms with van der Waals surface area (Å²) in [4.78, 5) is 0. The molecule has 20 heavy (non-hydrogen) atoms. The van der Waals surface area contributed by atoms with Gasteiger partial charge in [0.05, 0.1) is 13.2 Å². The molecule has 1 aliphatic heterocycles. The molecule has 0 bridgehead atoms. The maximum absolute atomic E-state index is 13.5. The van der Waals surface area contributed by atoms with Gasteiger partial charge in [0, 0.05) is 35.7 Å². The second-order valence-electron chi connectivity index (χ2n) is 6.39. The fourth-order valence-corrected chi connectivity index (χ4v) is 3.74. The van der Waals surface area contributed by atoms with E-state index in [0.717, 1.165) is 18.7 Å². The Balaban J connectivity index is 1.77. The number of fused-ring (bicyclic) bond motifs is 1. The van der Waals surface area contributed by atoms with Gasteiger partial charge in [-0.05, 0) is 25.0 Å². The highest BCUT2D eigenvalue weighted by atomic mass is 19.1. The minimum Gasteiger partial charge on any atom is -0.494 e. The van der Waals surface area contributed by atoms with Gasteiger partial charge in [-0.25, -0.2) is 4.39 Å². The van der Waals surface area contributed by atoms with Crippen LogP contribution in [0.4, 0.5) is 10.1 Å². The molecule has 3 nitrogen and oxygen atoms in total. The molecular weight excluding hydrogens is 257 g/mol. The van der Waals surface area contributed by atoms with Crippen molar-refractivity contribution in [3.63, 3.8) is 0 Å². The Kier molecular flexibility index (Phi) is 3.36. The highest BCUT2D eigenvalue weighted by Gasteiger charge is 2.57. The van der Waals surface area contributed by atoms with Crippen LogP contribution in [0.25, 0.3) is 0 Å². The van der Waals surface area contributed by atoms with Crippen molar-refractivity contribution in [3.05, 3.63) is 24.0 Å². The molecule has 3 rings (SSSR count). The lowest BCUT2D eigenvalue weighted by Gasteiger charge is -2.60. The summed E-state index contributed by atoms with van der Waals surface area (Å²) >= 11 is 0. The normalized spacial score (nSPS) is 31.1. The number of ether oxygens (including phenoxy) is 2. The zero-order chi connectivity index (χ0) is 14.3. The van der Waals surface area contributed by atoms with Gasteiger partial charge in [0.2, 0.25) is 0 Å². The van der Waals surface area contributed by atoms with E-state index in [1.807, 2.05) is 0 Å². The van der Waals surface area contributed by atoms with Gasteiger partial charge in [0.25, 0.3) is 0 Å². The van der Waals surface area contributed by atoms with Gasteiger partial charge in [0.1, 0.15) is 0 Å². The summed E-state index contributed by atoms with van der Waals surface area (Å²) in [5.74, 6) is 0.503. The number of methoxy groups -OCH3 is 1. The molecule has 1 aliphatic carbocycles. The molecule has 110 valence electrons. The molecule has 1 N–H and O–H groups in total. The predicted octanol–water partition coefficient (Wildman–Crippen LogP) is 3.45. The Hall–Kier alpha value is -1.29. The predicted molar refractivity (Wildman–Crippen MR) is 76.6 cm³/mol. The molecule has 2 fully saturated rings. The van der Waals surface area contributed by atoms with Crippen molar-refractivity contribution in [2.75, 3.05) is 19.0 Å². The maximum atomic E-state index is 13.5. The SMILES string of the molecule is COc1cc(NC2C3CCCOC3C2(C)C)ccc1F. The van der Waals surface area contributed by atoms with E-state index in [-0.39, 0.29) is 17.0 Å². The van der Waals surface area contributed by atoms with Crippen molar-refractivity contribution in [1.82, 2.24) is 0 Å². The minimum absolute atomic E-state index is 0.104. The lowest BCUT2D eigenvalue weighted by atomic mass is 9.55. The van der Waals surface area contributed by atoms with Crippen LogP contribution in [0.2, 0.25) is 0 Å². The molecule has 2 aliphatic rings. The molecule has 1 saturated carbocycles. The zero-order valence-electron chi connectivity index (χ0n) is 12.3. The van der Waals surface area contributed by atoms with Crippen LogP contribution in [0.15, 0.2) is 18.2 Å². The van der Waals surface area contributed by atoms with Crippen LogP contribution < -0.4 is 10.1 Å². The van der Waals surface area contributed by atoms with Crippen LogP contribution in [-0.4, -0.2) is 25.9 Å². The lowest BCUT2D eigenvalue weighted by molar-refractivity contribution is -0.177. The van der Waals surface area contributed by atoms with E-state index in [1.165, 1.54) is 19.6 Å². The number of anilines is 1. The third kappa shape index (κ3) is 2.06. The van der Waals surface area contributed by atoms with Gasteiger partial charge >= 0.3 is 0 Å². The average Bonchev–Trinajstić information content (AvgIpc) is 2.46. The van der Waals surface area contributed by atoms with Crippen LogP contribution in [0, 0.1) is 17.2 Å². The van der Waals surface area contributed by atoms with E-state index in [2.05, 4.69) is 19.2 Å². The van der Waals surface area contributed by atoms with Gasteiger partial charge in [-0.2, -0.15) is 0 Å². The highest BCUT2D eigenvalue weighted by molar-refractivity contribution is 5.50. The molecule has 0 amide bonds. The number of nitrogens with one attached hydrogen (secondary N) is 1. The van der Waals surface area contributed by atoms with Crippen molar-refractivity contribution < 1.29 is 13.9 Å². The van der Waals surface area contributed by atoms with E-state index in [4.69, 9.17) is 9.47 Å². The Labute approximate surface area is 119 Å². The summed E-state index contributed by atoms with van der Waals surface area (Å²) in [6, 6.07) is 5.30. The van der Waals surface area contributed by atoms with Crippen LogP contribution >= 0.6 is 0 Å². The maximum Gasteiger partial charge on any atom is 0.165 e. The molecule has 3 unspecified atom stereocenters. The summed E-state index contributed by atoms with van der Waals surface area (Å²) in [6.07, 6.45) is 2.67. The topological polar surface area (TPSA) is 30.5 Å². The van der Waals surface area contributed by atoms with Gasteiger partial charge in [0.15, 0.2) is 11.6 Å². The Morgan fingerprint density at radius 2 is 2.20 bits per heavy atom. The first-order valence-corrected chi connectivity index (χ1v) is 7.25. The standard InChI is InChI=1S/C16H22FNO2/c1-16(2)14(11-5-4-8-20-15(11)16)18-10-6-7-12(17)13(9-10)19-3/h6-7,9,11,14-15,18H,4-5,8H2,1-3H3. The molecule has 1 aromatic rings. The smallest absolute Gasteiger partial charge is 0.165 e. The summed E-state index contributed by atoms with van der Waals surface area (Å²) < 4.78 is 24.4. The van der Waals surface area contributed by atoms with Gasteiger partial charge in [-0.1, -0.05) is 13.8 Å². The molecular formula is C16H22FNO2. The average molecular weight is 279 g/mol. The van der Waals surface area contributed by atoms with Crippen LogP contribution in [-0.2, 0) is 4.74 Å². The summed E-state index contributed by atoms with van der Waals surface area (Å²) in [6.45, 7) is 5.34. The van der Waals surface area contributed by atoms with Crippen LogP contribution in [0.3, 0.4) is 0 Å². The first-order valence-electron chi connectivity index (χ1n) is 7.25. The molecule has 0 aromatic heterocycles. The first-order chi connectivity index (χ1) is 9.54. The third-order valence-corrected chi connectivity index (χ3v) is 4.80. The summed E-state index contributed by atoms with van der Waals surface area (Å²) in [5.41, 5.74) is 1.01. The highest BCUT2D eigenvalue weighted by Crippen LogP contribution is 2.52. The van der Waals surface area contributed by atoms with Crippen molar-refractivity contribution in [1.29, 1.82) is 0 Å². The van der Waals surface area contributed by atoms with Crippen molar-refractivity contribution in [3.8, 4) is 5.75 Å². The molecule has 1 heterocycles. The van der Waals surface area contributed by atoms with Crippen molar-refractivity contribution in [2.24, 2.45) is 11.3 Å². The fourth-order valence-electron chi connectivity index (χ4n) is 3.74. The van der Waals surface area contributed by atoms with Gasteiger partial charge < -0.3 is 14.8 Å². The second-order valence-corrected chi connectivity index (χ2v) is 6.39. The number of hydrogen-bond donors (Lipinski definition) is 1. The van der Waals surface area contributed by atoms with E-state index < -0.39 is 0 Å². The summed E-state index contributed by atoms with van der Waals surface area (Å²) in [7, 11) is 1.49. The van der Waals surface area contributed by atoms with Crippen molar-refractivity contribution >= 4 is 5.69 Å². The van der Waals surface area contributed by atoms with E-state index >= 15 is 0 Å². The summed E-state index contributed by atoms with van der Waals surface area (Å²) in [5, 5.41) is 3.54. The van der Waals surface area contributed by atoms with Crippen LogP contribution in [0.5, 0.6) is 5.75 Å². The largest absolute Gasteiger partial charge is 0.494 e. The third-order valence-electron chi connectivity index (χ3n) is 4.80. The lowest BCUT2D eigenvalue weighted by Crippen LogP contribution is -2.67. The Morgan fingerprint density at radius 1 is 1.40 bits per heavy atom. The van der Waals surface area contributed by atoms with E-state index in [9.17, 15) is 4.39 Å². The molecule has 3 atom stereocenters. The van der Waals surface area contributed by atoms with Gasteiger partial charge in [-0.15, -0.1) is 0 Å². The molecule has 4 heteroatoms. The number of rotatable bonds is 3. The minimum atomic E-state index is -0.329. The number of hydrogen-bond acceptors (Lipinski definition) is 3. The monoisotopic (exact) mass is 279 g/mol. The van der Waals surface area contributed by atoms with Crippen LogP contribution in [0.1, 0.15) is 26.7 Å². The molecule has 0 spiro atoms. The number of benzene rings is 1. The first kappa shape index (κ1) is 13.7. The molecule has 0 radical (unpaired) electrons. The van der Waals surface area contributed by atoms with E-state index in [0.29, 0.717) is 18.1 Å². The zero-order valence-corrected chi connectivity index (χ0v) is 12.3. The quantitative estimate of drug-likeness (QED) is 0.919. The Morgan fingerprint density at radius 3 is 2.95 bits per heavy atom. The molecule has 1 aromatic carbocycles. The van der Waals surface area contributed by atoms with Crippen molar-refractivity contribution in [2.45, 2.75) is 38.8 Å². The number of halogens is 1. The van der Waals surface area contributed by atoms with Gasteiger partial charge in [-0.3, -0.25) is 0 Å². The Bertz CT molecular complexity index is 503.